The van der Waals surface area contributed by atoms with Crippen LogP contribution in [0.2, 0.25) is 0 Å². The summed E-state index contributed by atoms with van der Waals surface area (Å²) in [4.78, 5) is 2.27. The number of halogens is 1. The second-order valence-electron chi connectivity index (χ2n) is 4.41. The Labute approximate surface area is 96.5 Å². The van der Waals surface area contributed by atoms with Gasteiger partial charge in [-0.1, -0.05) is 12.2 Å². The lowest BCUT2D eigenvalue weighted by molar-refractivity contribution is 0.209. The van der Waals surface area contributed by atoms with Crippen molar-refractivity contribution in [3.8, 4) is 0 Å². The van der Waals surface area contributed by atoms with Gasteiger partial charge in [0.25, 0.3) is 0 Å². The highest BCUT2D eigenvalue weighted by Gasteiger charge is 2.19. The van der Waals surface area contributed by atoms with E-state index in [1.54, 1.807) is 0 Å². The minimum atomic E-state index is -3.43. The largest absolute Gasteiger partial charge is 0.306 e. The molecule has 1 aliphatic rings. The van der Waals surface area contributed by atoms with Crippen LogP contribution in [0.4, 0.5) is 0 Å². The molecule has 1 saturated heterocycles. The zero-order chi connectivity index (χ0) is 11.5. The van der Waals surface area contributed by atoms with Crippen molar-refractivity contribution in [3.63, 3.8) is 0 Å². The lowest BCUT2D eigenvalue weighted by Gasteiger charge is -2.29. The van der Waals surface area contributed by atoms with Crippen LogP contribution < -0.4 is 0 Å². The molecule has 0 saturated carbocycles. The molecule has 1 heterocycles. The predicted octanol–water partition coefficient (Wildman–Crippen LogP) is 1.84. The summed E-state index contributed by atoms with van der Waals surface area (Å²) >= 11 is 0. The van der Waals surface area contributed by atoms with Crippen molar-refractivity contribution in [1.29, 1.82) is 0 Å². The monoisotopic (exact) mass is 251 g/mol. The molecule has 1 rings (SSSR count). The molecule has 0 spiro atoms. The average Bonchev–Trinajstić information content (AvgIpc) is 1.99. The first-order chi connectivity index (χ1) is 6.87. The van der Waals surface area contributed by atoms with Gasteiger partial charge in [-0.05, 0) is 38.8 Å². The maximum Gasteiger partial charge on any atom is 0.236 e. The Bertz CT molecular complexity index is 326. The van der Waals surface area contributed by atoms with E-state index in [-0.39, 0.29) is 5.75 Å². The molecule has 0 N–H and O–H groups in total. The molecule has 3 nitrogen and oxygen atoms in total. The van der Waals surface area contributed by atoms with Crippen LogP contribution in [0.15, 0.2) is 12.2 Å². The van der Waals surface area contributed by atoms with Crippen molar-refractivity contribution in [2.24, 2.45) is 5.92 Å². The van der Waals surface area contributed by atoms with E-state index in [4.69, 9.17) is 10.7 Å². The highest BCUT2D eigenvalue weighted by Crippen LogP contribution is 2.22. The molecule has 0 aromatic carbocycles. The Balaban J connectivity index is 2.38. The lowest BCUT2D eigenvalue weighted by Crippen LogP contribution is -2.32. The third-order valence-corrected chi connectivity index (χ3v) is 3.76. The number of nitrogens with zero attached hydrogens (tertiary/aromatic N) is 1. The highest BCUT2D eigenvalue weighted by atomic mass is 35.7. The molecule has 1 unspecified atom stereocenters. The van der Waals surface area contributed by atoms with Gasteiger partial charge in [0.05, 0.1) is 5.75 Å². The molecule has 1 aliphatic heterocycles. The Morgan fingerprint density at radius 1 is 1.60 bits per heavy atom. The second kappa shape index (κ2) is 5.32. The van der Waals surface area contributed by atoms with Gasteiger partial charge in [0.1, 0.15) is 0 Å². The van der Waals surface area contributed by atoms with Crippen molar-refractivity contribution < 1.29 is 8.42 Å². The van der Waals surface area contributed by atoms with Crippen LogP contribution in [-0.4, -0.2) is 39.2 Å². The summed E-state index contributed by atoms with van der Waals surface area (Å²) in [6, 6.07) is 0. The number of rotatable bonds is 4. The van der Waals surface area contributed by atoms with Crippen LogP contribution in [0.1, 0.15) is 19.3 Å². The van der Waals surface area contributed by atoms with E-state index in [0.717, 1.165) is 31.5 Å². The summed E-state index contributed by atoms with van der Waals surface area (Å²) in [7, 11) is 3.84. The third-order valence-electron chi connectivity index (χ3n) is 2.68. The smallest absolute Gasteiger partial charge is 0.236 e. The van der Waals surface area contributed by atoms with Gasteiger partial charge in [0.15, 0.2) is 0 Å². The standard InChI is InChI=1S/C10H18ClNO2S/c1-9(8-15(11,13)14)6-10-4-3-5-12(2)7-10/h10H,1,3-8H2,2H3. The Kier molecular flexibility index (Phi) is 4.62. The van der Waals surface area contributed by atoms with Crippen LogP contribution in [0, 0.1) is 5.92 Å². The van der Waals surface area contributed by atoms with Gasteiger partial charge in [-0.15, -0.1) is 0 Å². The summed E-state index contributed by atoms with van der Waals surface area (Å²) in [5.74, 6) is 0.448. The van der Waals surface area contributed by atoms with Gasteiger partial charge in [0.2, 0.25) is 9.05 Å². The lowest BCUT2D eigenvalue weighted by atomic mass is 9.92. The van der Waals surface area contributed by atoms with Gasteiger partial charge in [-0.25, -0.2) is 8.42 Å². The number of hydrogen-bond donors (Lipinski definition) is 0. The molecule has 15 heavy (non-hydrogen) atoms. The first-order valence-corrected chi connectivity index (χ1v) is 7.62. The molecule has 88 valence electrons. The Hall–Kier alpha value is -0.0600. The fourth-order valence-electron chi connectivity index (χ4n) is 2.15. The molecular formula is C10H18ClNO2S. The molecule has 0 aromatic heterocycles. The van der Waals surface area contributed by atoms with Gasteiger partial charge < -0.3 is 4.90 Å². The van der Waals surface area contributed by atoms with Crippen LogP contribution in [0.3, 0.4) is 0 Å². The third kappa shape index (κ3) is 5.54. The van der Waals surface area contributed by atoms with E-state index in [9.17, 15) is 8.42 Å². The normalized spacial score (nSPS) is 24.0. The van der Waals surface area contributed by atoms with E-state index < -0.39 is 9.05 Å². The maximum atomic E-state index is 10.8. The van der Waals surface area contributed by atoms with Crippen LogP contribution >= 0.6 is 10.7 Å². The summed E-state index contributed by atoms with van der Waals surface area (Å²) in [6.07, 6.45) is 3.12. The SMILES string of the molecule is C=C(CC1CCCN(C)C1)CS(=O)(=O)Cl. The summed E-state index contributed by atoms with van der Waals surface area (Å²) in [5, 5.41) is 0. The molecule has 0 bridgehead atoms. The molecule has 1 atom stereocenters. The van der Waals surface area contributed by atoms with Crippen molar-refractivity contribution in [1.82, 2.24) is 4.90 Å². The van der Waals surface area contributed by atoms with Gasteiger partial charge in [0, 0.05) is 17.2 Å². The zero-order valence-electron chi connectivity index (χ0n) is 9.08. The molecule has 0 aromatic rings. The van der Waals surface area contributed by atoms with Crippen LogP contribution in [-0.2, 0) is 9.05 Å². The zero-order valence-corrected chi connectivity index (χ0v) is 10.6. The van der Waals surface area contributed by atoms with E-state index in [1.807, 2.05) is 0 Å². The molecule has 0 radical (unpaired) electrons. The van der Waals surface area contributed by atoms with E-state index in [1.165, 1.54) is 6.42 Å². The second-order valence-corrected chi connectivity index (χ2v) is 7.18. The topological polar surface area (TPSA) is 37.4 Å². The highest BCUT2D eigenvalue weighted by molar-refractivity contribution is 8.13. The van der Waals surface area contributed by atoms with E-state index in [0.29, 0.717) is 5.92 Å². The summed E-state index contributed by atoms with van der Waals surface area (Å²) < 4.78 is 21.7. The van der Waals surface area contributed by atoms with Crippen LogP contribution in [0.25, 0.3) is 0 Å². The van der Waals surface area contributed by atoms with Crippen molar-refractivity contribution in [2.45, 2.75) is 19.3 Å². The fourth-order valence-corrected chi connectivity index (χ4v) is 3.22. The van der Waals surface area contributed by atoms with Gasteiger partial charge in [-0.3, -0.25) is 0 Å². The van der Waals surface area contributed by atoms with Gasteiger partial charge in [-0.2, -0.15) is 0 Å². The molecule has 5 heteroatoms. The van der Waals surface area contributed by atoms with Crippen molar-refractivity contribution in [2.75, 3.05) is 25.9 Å². The van der Waals surface area contributed by atoms with E-state index >= 15 is 0 Å². The Morgan fingerprint density at radius 2 is 2.27 bits per heavy atom. The Morgan fingerprint density at radius 3 is 2.80 bits per heavy atom. The first-order valence-electron chi connectivity index (χ1n) is 5.14. The predicted molar refractivity (Wildman–Crippen MR) is 63.6 cm³/mol. The fraction of sp³-hybridized carbons (Fsp3) is 0.800. The summed E-state index contributed by atoms with van der Waals surface area (Å²) in [6.45, 7) is 5.94. The van der Waals surface area contributed by atoms with Crippen molar-refractivity contribution >= 4 is 19.7 Å². The summed E-state index contributed by atoms with van der Waals surface area (Å²) in [5.41, 5.74) is 0.727. The van der Waals surface area contributed by atoms with E-state index in [2.05, 4.69) is 18.5 Å². The average molecular weight is 252 g/mol. The molecule has 1 fully saturated rings. The van der Waals surface area contributed by atoms with Crippen molar-refractivity contribution in [3.05, 3.63) is 12.2 Å². The maximum absolute atomic E-state index is 10.8. The quantitative estimate of drug-likeness (QED) is 0.565. The first kappa shape index (κ1) is 13.0. The minimum Gasteiger partial charge on any atom is -0.306 e. The number of hydrogen-bond acceptors (Lipinski definition) is 3. The minimum absolute atomic E-state index is 0.0885. The number of piperidine rings is 1. The van der Waals surface area contributed by atoms with Gasteiger partial charge >= 0.3 is 0 Å². The molecular weight excluding hydrogens is 234 g/mol. The van der Waals surface area contributed by atoms with Crippen LogP contribution in [0.5, 0.6) is 0 Å². The number of likely N-dealkylation sites (tertiary alicyclic amines) is 1. The molecule has 0 aliphatic carbocycles. The molecule has 0 amide bonds.